The van der Waals surface area contributed by atoms with E-state index in [0.717, 1.165) is 23.2 Å². The average molecular weight is 265 g/mol. The second-order valence-corrected chi connectivity index (χ2v) is 4.76. The van der Waals surface area contributed by atoms with Gasteiger partial charge in [0.05, 0.1) is 25.3 Å². The van der Waals surface area contributed by atoms with E-state index in [0.29, 0.717) is 24.8 Å². The topological polar surface area (TPSA) is 47.0 Å². The highest BCUT2D eigenvalue weighted by Gasteiger charge is 2.18. The number of nitrogens with zero attached hydrogens (tertiary/aromatic N) is 1. The molecule has 0 amide bonds. The van der Waals surface area contributed by atoms with Gasteiger partial charge in [-0.15, -0.1) is 0 Å². The quantitative estimate of drug-likeness (QED) is 0.901. The van der Waals surface area contributed by atoms with Crippen molar-refractivity contribution < 1.29 is 4.74 Å². The van der Waals surface area contributed by atoms with Crippen molar-refractivity contribution >= 4 is 11.6 Å². The molecule has 0 spiro atoms. The zero-order chi connectivity index (χ0) is 12.5. The molecule has 94 valence electrons. The van der Waals surface area contributed by atoms with Crippen molar-refractivity contribution in [3.63, 3.8) is 0 Å². The number of H-pyrrole nitrogens is 1. The molecule has 1 N–H and O–H groups in total. The molecule has 0 unspecified atom stereocenters. The molecule has 0 saturated carbocycles. The summed E-state index contributed by atoms with van der Waals surface area (Å²) < 4.78 is 6.90. The lowest BCUT2D eigenvalue weighted by molar-refractivity contribution is 0.109. The molecule has 0 radical (unpaired) electrons. The first kappa shape index (κ1) is 11.6. The highest BCUT2D eigenvalue weighted by atomic mass is 35.5. The second-order valence-electron chi connectivity index (χ2n) is 4.35. The van der Waals surface area contributed by atoms with Gasteiger partial charge >= 0.3 is 0 Å². The minimum Gasteiger partial charge on any atom is -0.376 e. The molecule has 1 aliphatic rings. The monoisotopic (exact) mass is 264 g/mol. The number of rotatable bonds is 2. The normalized spacial score (nSPS) is 14.5. The lowest BCUT2D eigenvalue weighted by Gasteiger charge is -2.08. The van der Waals surface area contributed by atoms with Gasteiger partial charge < -0.3 is 4.74 Å². The fraction of sp³-hybridized carbons (Fsp3) is 0.308. The van der Waals surface area contributed by atoms with Crippen molar-refractivity contribution in [2.45, 2.75) is 19.6 Å². The maximum absolute atomic E-state index is 12.1. The zero-order valence-electron chi connectivity index (χ0n) is 9.78. The minimum atomic E-state index is -0.00961. The summed E-state index contributed by atoms with van der Waals surface area (Å²) in [5, 5.41) is 3.82. The highest BCUT2D eigenvalue weighted by molar-refractivity contribution is 6.31. The Balaban J connectivity index is 1.97. The Hall–Kier alpha value is -1.52. The molecule has 0 saturated heterocycles. The van der Waals surface area contributed by atoms with Crippen molar-refractivity contribution in [1.29, 1.82) is 0 Å². The first-order valence-corrected chi connectivity index (χ1v) is 6.25. The van der Waals surface area contributed by atoms with Crippen LogP contribution >= 0.6 is 11.6 Å². The molecule has 1 aromatic carbocycles. The summed E-state index contributed by atoms with van der Waals surface area (Å²) in [5.41, 5.74) is 2.65. The average Bonchev–Trinajstić information content (AvgIpc) is 2.70. The Bertz CT molecular complexity index is 630. The Kier molecular flexibility index (Phi) is 2.97. The van der Waals surface area contributed by atoms with Crippen molar-refractivity contribution in [1.82, 2.24) is 9.78 Å². The maximum Gasteiger partial charge on any atom is 0.272 e. The third kappa shape index (κ3) is 1.98. The highest BCUT2D eigenvalue weighted by Crippen LogP contribution is 2.16. The number of halogens is 1. The van der Waals surface area contributed by atoms with Crippen molar-refractivity contribution in [2.75, 3.05) is 6.61 Å². The van der Waals surface area contributed by atoms with Gasteiger partial charge in [0.15, 0.2) is 0 Å². The molecule has 1 aliphatic heterocycles. The second kappa shape index (κ2) is 4.63. The number of hydrogen-bond donors (Lipinski definition) is 1. The van der Waals surface area contributed by atoms with E-state index >= 15 is 0 Å². The summed E-state index contributed by atoms with van der Waals surface area (Å²) in [5.74, 6) is 0. The van der Waals surface area contributed by atoms with Gasteiger partial charge in [-0.2, -0.15) is 0 Å². The van der Waals surface area contributed by atoms with E-state index in [1.165, 1.54) is 0 Å². The molecule has 0 atom stereocenters. The molecule has 4 nitrogen and oxygen atoms in total. The molecule has 2 heterocycles. The van der Waals surface area contributed by atoms with E-state index in [1.54, 1.807) is 4.68 Å². The van der Waals surface area contributed by atoms with Gasteiger partial charge in [0.2, 0.25) is 0 Å². The summed E-state index contributed by atoms with van der Waals surface area (Å²) in [7, 11) is 0. The van der Waals surface area contributed by atoms with Crippen LogP contribution in [0, 0.1) is 0 Å². The molecule has 1 aromatic heterocycles. The Morgan fingerprint density at radius 3 is 3.00 bits per heavy atom. The van der Waals surface area contributed by atoms with Crippen LogP contribution in [0.15, 0.2) is 29.1 Å². The smallest absolute Gasteiger partial charge is 0.272 e. The predicted octanol–water partition coefficient (Wildman–Crippen LogP) is 1.95. The molecule has 0 fully saturated rings. The fourth-order valence-corrected chi connectivity index (χ4v) is 2.38. The molecule has 2 aromatic rings. The summed E-state index contributed by atoms with van der Waals surface area (Å²) >= 11 is 6.10. The molecular weight excluding hydrogens is 252 g/mol. The van der Waals surface area contributed by atoms with Crippen LogP contribution in [0.1, 0.15) is 16.8 Å². The first-order chi connectivity index (χ1) is 8.75. The van der Waals surface area contributed by atoms with Crippen molar-refractivity contribution in [3.05, 3.63) is 56.5 Å². The van der Waals surface area contributed by atoms with Gasteiger partial charge in [0, 0.05) is 17.1 Å². The summed E-state index contributed by atoms with van der Waals surface area (Å²) in [6, 6.07) is 7.54. The van der Waals surface area contributed by atoms with Gasteiger partial charge in [0.1, 0.15) is 0 Å². The van der Waals surface area contributed by atoms with Gasteiger partial charge in [-0.25, -0.2) is 4.68 Å². The molecular formula is C13H13ClN2O2. The predicted molar refractivity (Wildman–Crippen MR) is 69.0 cm³/mol. The molecule has 18 heavy (non-hydrogen) atoms. The van der Waals surface area contributed by atoms with Crippen LogP contribution in [0.2, 0.25) is 5.02 Å². The Labute approximate surface area is 109 Å². The fourth-order valence-electron chi connectivity index (χ4n) is 2.19. The van der Waals surface area contributed by atoms with E-state index in [4.69, 9.17) is 16.3 Å². The summed E-state index contributed by atoms with van der Waals surface area (Å²) in [4.78, 5) is 12.1. The number of fused-ring (bicyclic) bond motifs is 1. The van der Waals surface area contributed by atoms with E-state index in [1.807, 2.05) is 24.3 Å². The number of ether oxygens (including phenoxy) is 1. The van der Waals surface area contributed by atoms with Crippen LogP contribution in [0.4, 0.5) is 0 Å². The van der Waals surface area contributed by atoms with Crippen LogP contribution in [-0.4, -0.2) is 16.4 Å². The summed E-state index contributed by atoms with van der Waals surface area (Å²) in [6.07, 6.45) is 0.764. The SMILES string of the molecule is O=c1c2c([nH]n1Cc1ccccc1Cl)CCOC2. The van der Waals surface area contributed by atoms with Crippen LogP contribution in [-0.2, 0) is 24.3 Å². The number of hydrogen-bond acceptors (Lipinski definition) is 2. The molecule has 5 heteroatoms. The van der Waals surface area contributed by atoms with Gasteiger partial charge in [-0.3, -0.25) is 9.89 Å². The van der Waals surface area contributed by atoms with Crippen LogP contribution in [0.5, 0.6) is 0 Å². The Morgan fingerprint density at radius 2 is 2.22 bits per heavy atom. The van der Waals surface area contributed by atoms with Gasteiger partial charge in [-0.1, -0.05) is 29.8 Å². The van der Waals surface area contributed by atoms with Gasteiger partial charge in [0.25, 0.3) is 5.56 Å². The summed E-state index contributed by atoms with van der Waals surface area (Å²) in [6.45, 7) is 1.53. The van der Waals surface area contributed by atoms with Crippen molar-refractivity contribution in [3.8, 4) is 0 Å². The number of benzene rings is 1. The van der Waals surface area contributed by atoms with E-state index in [-0.39, 0.29) is 5.56 Å². The first-order valence-electron chi connectivity index (χ1n) is 5.87. The van der Waals surface area contributed by atoms with Crippen molar-refractivity contribution in [2.24, 2.45) is 0 Å². The standard InChI is InChI=1S/C13H13ClN2O2/c14-11-4-2-1-3-9(11)7-16-13(17)10-8-18-6-5-12(10)15-16/h1-4,15H,5-8H2. The van der Waals surface area contributed by atoms with Crippen LogP contribution in [0.3, 0.4) is 0 Å². The van der Waals surface area contributed by atoms with Crippen LogP contribution in [0.25, 0.3) is 0 Å². The van der Waals surface area contributed by atoms with E-state index in [2.05, 4.69) is 5.10 Å². The van der Waals surface area contributed by atoms with E-state index in [9.17, 15) is 4.79 Å². The third-order valence-electron chi connectivity index (χ3n) is 3.17. The molecule has 3 rings (SSSR count). The number of nitrogens with one attached hydrogen (secondary N) is 1. The minimum absolute atomic E-state index is 0.00961. The zero-order valence-corrected chi connectivity index (χ0v) is 10.5. The lowest BCUT2D eigenvalue weighted by Crippen LogP contribution is -2.21. The maximum atomic E-state index is 12.1. The van der Waals surface area contributed by atoms with Crippen LogP contribution < -0.4 is 5.56 Å². The molecule has 0 aliphatic carbocycles. The third-order valence-corrected chi connectivity index (χ3v) is 3.54. The van der Waals surface area contributed by atoms with Gasteiger partial charge in [-0.05, 0) is 11.6 Å². The largest absolute Gasteiger partial charge is 0.376 e. The lowest BCUT2D eigenvalue weighted by atomic mass is 10.2. The Morgan fingerprint density at radius 1 is 1.39 bits per heavy atom. The molecule has 0 bridgehead atoms. The number of aromatic nitrogens is 2. The number of aromatic amines is 1. The van der Waals surface area contributed by atoms with E-state index < -0.39 is 0 Å².